The van der Waals surface area contributed by atoms with Crippen LogP contribution in [0.25, 0.3) is 0 Å². The van der Waals surface area contributed by atoms with Crippen LogP contribution in [0.5, 0.6) is 0 Å². The molecule has 0 heterocycles. The van der Waals surface area contributed by atoms with E-state index >= 15 is 0 Å². The lowest BCUT2D eigenvalue weighted by Crippen LogP contribution is -2.11. The molecule has 0 bridgehead atoms. The molecule has 4 nitrogen and oxygen atoms in total. The summed E-state index contributed by atoms with van der Waals surface area (Å²) in [5.74, 6) is -0.479. The lowest BCUT2D eigenvalue weighted by Gasteiger charge is -2.10. The Kier molecular flexibility index (Phi) is 4.25. The van der Waals surface area contributed by atoms with Crippen molar-refractivity contribution in [2.75, 3.05) is 11.1 Å². The summed E-state index contributed by atoms with van der Waals surface area (Å²) < 4.78 is 0. The Balaban J connectivity index is 2.15. The van der Waals surface area contributed by atoms with Crippen molar-refractivity contribution in [3.63, 3.8) is 0 Å². The van der Waals surface area contributed by atoms with Gasteiger partial charge in [0.2, 0.25) is 5.91 Å². The van der Waals surface area contributed by atoms with Crippen molar-refractivity contribution >= 4 is 23.0 Å². The molecular weight excluding hydrogens is 250 g/mol. The normalized spacial score (nSPS) is 10.2. The highest BCUT2D eigenvalue weighted by molar-refractivity contribution is 5.95. The molecule has 0 radical (unpaired) electrons. The summed E-state index contributed by atoms with van der Waals surface area (Å²) in [4.78, 5) is 11.1. The van der Waals surface area contributed by atoms with Gasteiger partial charge in [-0.2, -0.15) is 0 Å². The molecule has 0 aromatic heterocycles. The van der Waals surface area contributed by atoms with Crippen LogP contribution in [0.15, 0.2) is 42.5 Å². The SMILES string of the molecule is CCCc1ccc(Nc2ccc(C(N)=O)cc2N)cc1. The maximum absolute atomic E-state index is 11.1. The Hall–Kier alpha value is -2.49. The fourth-order valence-electron chi connectivity index (χ4n) is 2.03. The molecule has 0 saturated heterocycles. The van der Waals surface area contributed by atoms with E-state index in [-0.39, 0.29) is 0 Å². The number of anilines is 3. The zero-order valence-electron chi connectivity index (χ0n) is 11.5. The third-order valence-electron chi connectivity index (χ3n) is 3.11. The minimum absolute atomic E-state index is 0.409. The molecule has 4 heteroatoms. The Bertz CT molecular complexity index is 606. The summed E-state index contributed by atoms with van der Waals surface area (Å²) in [5.41, 5.74) is 15.1. The zero-order valence-corrected chi connectivity index (χ0v) is 11.5. The Morgan fingerprint density at radius 2 is 1.85 bits per heavy atom. The molecule has 0 unspecified atom stereocenters. The minimum Gasteiger partial charge on any atom is -0.397 e. The number of carbonyl (C=O) groups is 1. The number of benzene rings is 2. The highest BCUT2D eigenvalue weighted by atomic mass is 16.1. The molecule has 2 aromatic carbocycles. The van der Waals surface area contributed by atoms with Crippen molar-refractivity contribution < 1.29 is 4.79 Å². The van der Waals surface area contributed by atoms with Gasteiger partial charge in [0.1, 0.15) is 0 Å². The van der Waals surface area contributed by atoms with Crippen LogP contribution in [0.3, 0.4) is 0 Å². The van der Waals surface area contributed by atoms with Crippen LogP contribution < -0.4 is 16.8 Å². The monoisotopic (exact) mass is 269 g/mol. The van der Waals surface area contributed by atoms with Crippen LogP contribution in [-0.4, -0.2) is 5.91 Å². The van der Waals surface area contributed by atoms with Gasteiger partial charge in [0, 0.05) is 11.3 Å². The number of nitrogen functional groups attached to an aromatic ring is 1. The van der Waals surface area contributed by atoms with E-state index in [1.165, 1.54) is 5.56 Å². The first-order valence-corrected chi connectivity index (χ1v) is 6.65. The van der Waals surface area contributed by atoms with Crippen molar-refractivity contribution in [1.82, 2.24) is 0 Å². The number of nitrogens with two attached hydrogens (primary N) is 2. The van der Waals surface area contributed by atoms with Crippen molar-refractivity contribution in [2.24, 2.45) is 5.73 Å². The maximum atomic E-state index is 11.1. The average molecular weight is 269 g/mol. The van der Waals surface area contributed by atoms with Crippen molar-refractivity contribution in [1.29, 1.82) is 0 Å². The number of rotatable bonds is 5. The lowest BCUT2D eigenvalue weighted by molar-refractivity contribution is 0.100. The van der Waals surface area contributed by atoms with Gasteiger partial charge in [0.15, 0.2) is 0 Å². The number of hydrogen-bond donors (Lipinski definition) is 3. The molecular formula is C16H19N3O. The average Bonchev–Trinajstić information content (AvgIpc) is 2.43. The molecule has 0 aliphatic heterocycles. The molecule has 0 aliphatic carbocycles. The van der Waals surface area contributed by atoms with E-state index < -0.39 is 5.91 Å². The molecule has 5 N–H and O–H groups in total. The molecule has 2 aromatic rings. The Morgan fingerprint density at radius 3 is 2.40 bits per heavy atom. The second-order valence-corrected chi connectivity index (χ2v) is 4.74. The third-order valence-corrected chi connectivity index (χ3v) is 3.11. The molecule has 1 amide bonds. The molecule has 0 aliphatic rings. The first kappa shape index (κ1) is 13.9. The van der Waals surface area contributed by atoms with E-state index in [9.17, 15) is 4.79 Å². The zero-order chi connectivity index (χ0) is 14.5. The standard InChI is InChI=1S/C16H19N3O/c1-2-3-11-4-7-13(8-5-11)19-15-9-6-12(16(18)20)10-14(15)17/h4-10,19H,2-3,17H2,1H3,(H2,18,20). The number of aryl methyl sites for hydroxylation is 1. The van der Waals surface area contributed by atoms with Gasteiger partial charge in [-0.15, -0.1) is 0 Å². The van der Waals surface area contributed by atoms with E-state index in [1.807, 2.05) is 12.1 Å². The number of carbonyl (C=O) groups excluding carboxylic acids is 1. The molecule has 20 heavy (non-hydrogen) atoms. The molecule has 0 atom stereocenters. The smallest absolute Gasteiger partial charge is 0.248 e. The first-order chi connectivity index (χ1) is 9.60. The summed E-state index contributed by atoms with van der Waals surface area (Å²) in [7, 11) is 0. The van der Waals surface area contributed by atoms with Gasteiger partial charge in [-0.3, -0.25) is 4.79 Å². The second-order valence-electron chi connectivity index (χ2n) is 4.74. The largest absolute Gasteiger partial charge is 0.397 e. The summed E-state index contributed by atoms with van der Waals surface area (Å²) in [5, 5.41) is 3.23. The van der Waals surface area contributed by atoms with E-state index in [0.717, 1.165) is 24.2 Å². The van der Waals surface area contributed by atoms with Crippen LogP contribution in [0.1, 0.15) is 29.3 Å². The topological polar surface area (TPSA) is 81.1 Å². The van der Waals surface area contributed by atoms with Gasteiger partial charge < -0.3 is 16.8 Å². The molecule has 0 fully saturated rings. The summed E-state index contributed by atoms with van der Waals surface area (Å²) >= 11 is 0. The predicted molar refractivity (Wildman–Crippen MR) is 83.1 cm³/mol. The third kappa shape index (κ3) is 3.29. The first-order valence-electron chi connectivity index (χ1n) is 6.65. The second kappa shape index (κ2) is 6.10. The van der Waals surface area contributed by atoms with Crippen molar-refractivity contribution in [3.05, 3.63) is 53.6 Å². The Morgan fingerprint density at radius 1 is 1.15 bits per heavy atom. The number of primary amides is 1. The summed E-state index contributed by atoms with van der Waals surface area (Å²) in [6.07, 6.45) is 2.21. The number of hydrogen-bond acceptors (Lipinski definition) is 3. The maximum Gasteiger partial charge on any atom is 0.248 e. The molecule has 104 valence electrons. The fraction of sp³-hybridized carbons (Fsp3) is 0.188. The minimum atomic E-state index is -0.479. The van der Waals surface area contributed by atoms with Crippen LogP contribution >= 0.6 is 0 Å². The van der Waals surface area contributed by atoms with Gasteiger partial charge in [-0.25, -0.2) is 0 Å². The highest BCUT2D eigenvalue weighted by Crippen LogP contribution is 2.24. The molecule has 0 saturated carbocycles. The summed E-state index contributed by atoms with van der Waals surface area (Å²) in [6, 6.07) is 13.2. The fourth-order valence-corrected chi connectivity index (χ4v) is 2.03. The van der Waals surface area contributed by atoms with Gasteiger partial charge in [0.05, 0.1) is 11.4 Å². The van der Waals surface area contributed by atoms with Crippen LogP contribution in [0, 0.1) is 0 Å². The van der Waals surface area contributed by atoms with E-state index in [1.54, 1.807) is 18.2 Å². The van der Waals surface area contributed by atoms with Crippen molar-refractivity contribution in [3.8, 4) is 0 Å². The van der Waals surface area contributed by atoms with Crippen LogP contribution in [0.4, 0.5) is 17.1 Å². The van der Waals surface area contributed by atoms with Crippen LogP contribution in [-0.2, 0) is 6.42 Å². The number of amides is 1. The van der Waals surface area contributed by atoms with E-state index in [4.69, 9.17) is 11.5 Å². The molecule has 2 rings (SSSR count). The van der Waals surface area contributed by atoms with Gasteiger partial charge in [-0.1, -0.05) is 25.5 Å². The van der Waals surface area contributed by atoms with Gasteiger partial charge in [0.25, 0.3) is 0 Å². The quantitative estimate of drug-likeness (QED) is 0.730. The predicted octanol–water partition coefficient (Wildman–Crippen LogP) is 3.06. The number of nitrogens with one attached hydrogen (secondary N) is 1. The van der Waals surface area contributed by atoms with E-state index in [0.29, 0.717) is 11.3 Å². The molecule has 0 spiro atoms. The summed E-state index contributed by atoms with van der Waals surface area (Å²) in [6.45, 7) is 2.16. The Labute approximate surface area is 118 Å². The van der Waals surface area contributed by atoms with Gasteiger partial charge >= 0.3 is 0 Å². The highest BCUT2D eigenvalue weighted by Gasteiger charge is 2.05. The van der Waals surface area contributed by atoms with Crippen molar-refractivity contribution in [2.45, 2.75) is 19.8 Å². The van der Waals surface area contributed by atoms with Crippen LogP contribution in [0.2, 0.25) is 0 Å². The van der Waals surface area contributed by atoms with E-state index in [2.05, 4.69) is 24.4 Å². The van der Waals surface area contributed by atoms with Gasteiger partial charge in [-0.05, 0) is 42.3 Å². The lowest BCUT2D eigenvalue weighted by atomic mass is 10.1.